The number of aryl methyl sites for hydroxylation is 1. The predicted molar refractivity (Wildman–Crippen MR) is 89.2 cm³/mol. The highest BCUT2D eigenvalue weighted by atomic mass is 35.5. The standard InChI is InChI=1S/C16H11Cl3O4/c1-9-4-11(17)2-3-14(9)22-8-15(21)23-16-10(7-20)5-12(18)6-13(16)19/h2-7H,8H2,1H3. The molecule has 0 aliphatic heterocycles. The van der Waals surface area contributed by atoms with E-state index >= 15 is 0 Å². The maximum atomic E-state index is 11.9. The molecule has 0 aliphatic rings. The van der Waals surface area contributed by atoms with Crippen molar-refractivity contribution in [3.63, 3.8) is 0 Å². The predicted octanol–water partition coefficient (Wildman–Crippen LogP) is 4.75. The van der Waals surface area contributed by atoms with Gasteiger partial charge < -0.3 is 9.47 Å². The molecule has 0 heterocycles. The Morgan fingerprint density at radius 2 is 1.87 bits per heavy atom. The van der Waals surface area contributed by atoms with Gasteiger partial charge >= 0.3 is 5.97 Å². The molecule has 2 rings (SSSR count). The smallest absolute Gasteiger partial charge is 0.349 e. The molecule has 0 radical (unpaired) electrons. The van der Waals surface area contributed by atoms with Crippen molar-refractivity contribution in [3.05, 3.63) is 56.5 Å². The van der Waals surface area contributed by atoms with Crippen LogP contribution in [0.5, 0.6) is 11.5 Å². The zero-order chi connectivity index (χ0) is 17.0. The van der Waals surface area contributed by atoms with Crippen molar-refractivity contribution in [3.8, 4) is 11.5 Å². The van der Waals surface area contributed by atoms with E-state index in [0.717, 1.165) is 5.56 Å². The number of benzene rings is 2. The minimum Gasteiger partial charge on any atom is -0.482 e. The van der Waals surface area contributed by atoms with Crippen LogP contribution in [0, 0.1) is 6.92 Å². The fourth-order valence-electron chi connectivity index (χ4n) is 1.83. The molecule has 0 amide bonds. The van der Waals surface area contributed by atoms with Gasteiger partial charge in [-0.05, 0) is 42.8 Å². The van der Waals surface area contributed by atoms with E-state index in [0.29, 0.717) is 17.1 Å². The fraction of sp³-hybridized carbons (Fsp3) is 0.125. The molecule has 0 fully saturated rings. The third-order valence-corrected chi connectivity index (χ3v) is 3.60. The fourth-order valence-corrected chi connectivity index (χ4v) is 2.60. The number of hydrogen-bond donors (Lipinski definition) is 0. The van der Waals surface area contributed by atoms with Gasteiger partial charge in [-0.15, -0.1) is 0 Å². The lowest BCUT2D eigenvalue weighted by Crippen LogP contribution is -2.19. The van der Waals surface area contributed by atoms with Gasteiger partial charge in [0.05, 0.1) is 10.6 Å². The van der Waals surface area contributed by atoms with E-state index in [1.54, 1.807) is 25.1 Å². The number of hydrogen-bond acceptors (Lipinski definition) is 4. The molecule has 23 heavy (non-hydrogen) atoms. The summed E-state index contributed by atoms with van der Waals surface area (Å²) in [5, 5.41) is 0.904. The average Bonchev–Trinajstić information content (AvgIpc) is 2.48. The number of carbonyl (C=O) groups excluding carboxylic acids is 2. The van der Waals surface area contributed by atoms with Crippen LogP contribution in [-0.2, 0) is 4.79 Å². The first-order chi connectivity index (χ1) is 10.9. The maximum Gasteiger partial charge on any atom is 0.349 e. The van der Waals surface area contributed by atoms with Crippen molar-refractivity contribution in [2.75, 3.05) is 6.61 Å². The third kappa shape index (κ3) is 4.61. The maximum absolute atomic E-state index is 11.9. The highest BCUT2D eigenvalue weighted by Gasteiger charge is 2.15. The summed E-state index contributed by atoms with van der Waals surface area (Å²) in [5.41, 5.74) is 0.863. The molecule has 0 spiro atoms. The molecule has 0 saturated carbocycles. The highest BCUT2D eigenvalue weighted by Crippen LogP contribution is 2.31. The molecule has 0 N–H and O–H groups in total. The van der Waals surface area contributed by atoms with Gasteiger partial charge in [0, 0.05) is 10.0 Å². The van der Waals surface area contributed by atoms with Crippen molar-refractivity contribution >= 4 is 47.1 Å². The molecule has 0 saturated heterocycles. The van der Waals surface area contributed by atoms with E-state index in [9.17, 15) is 9.59 Å². The van der Waals surface area contributed by atoms with Crippen LogP contribution in [0.15, 0.2) is 30.3 Å². The molecule has 0 aromatic heterocycles. The molecule has 0 unspecified atom stereocenters. The first kappa shape index (κ1) is 17.6. The van der Waals surface area contributed by atoms with Crippen molar-refractivity contribution in [1.82, 2.24) is 0 Å². The number of rotatable bonds is 5. The Morgan fingerprint density at radius 3 is 2.52 bits per heavy atom. The van der Waals surface area contributed by atoms with Crippen molar-refractivity contribution in [2.24, 2.45) is 0 Å². The number of aldehydes is 1. The van der Waals surface area contributed by atoms with Crippen LogP contribution >= 0.6 is 34.8 Å². The lowest BCUT2D eigenvalue weighted by atomic mass is 10.2. The molecule has 7 heteroatoms. The highest BCUT2D eigenvalue weighted by molar-refractivity contribution is 6.36. The van der Waals surface area contributed by atoms with Crippen LogP contribution in [0.1, 0.15) is 15.9 Å². The van der Waals surface area contributed by atoms with Gasteiger partial charge in [-0.25, -0.2) is 4.79 Å². The summed E-state index contributed by atoms with van der Waals surface area (Å²) in [5.74, 6) is -0.247. The minimum atomic E-state index is -0.702. The molecule has 2 aromatic carbocycles. The zero-order valence-electron chi connectivity index (χ0n) is 11.9. The molecular weight excluding hydrogens is 363 g/mol. The second-order valence-corrected chi connectivity index (χ2v) is 5.88. The molecule has 0 bridgehead atoms. The van der Waals surface area contributed by atoms with Gasteiger partial charge in [-0.1, -0.05) is 34.8 Å². The monoisotopic (exact) mass is 372 g/mol. The van der Waals surface area contributed by atoms with E-state index in [4.69, 9.17) is 44.3 Å². The van der Waals surface area contributed by atoms with Crippen LogP contribution in [0.4, 0.5) is 0 Å². The molecular formula is C16H11Cl3O4. The van der Waals surface area contributed by atoms with Crippen LogP contribution in [-0.4, -0.2) is 18.9 Å². The number of carbonyl (C=O) groups is 2. The summed E-state index contributed by atoms with van der Waals surface area (Å²) < 4.78 is 10.5. The Bertz CT molecular complexity index is 759. The summed E-state index contributed by atoms with van der Waals surface area (Å²) in [6, 6.07) is 7.74. The van der Waals surface area contributed by atoms with Gasteiger partial charge in [-0.3, -0.25) is 4.79 Å². The Balaban J connectivity index is 2.07. The summed E-state index contributed by atoms with van der Waals surface area (Å²) in [7, 11) is 0. The Morgan fingerprint density at radius 1 is 1.13 bits per heavy atom. The van der Waals surface area contributed by atoms with Crippen molar-refractivity contribution in [1.29, 1.82) is 0 Å². The first-order valence-corrected chi connectivity index (χ1v) is 7.58. The van der Waals surface area contributed by atoms with Gasteiger partial charge in [0.1, 0.15) is 5.75 Å². The minimum absolute atomic E-state index is 0.0486. The molecule has 2 aromatic rings. The van der Waals surface area contributed by atoms with Gasteiger partial charge in [0.15, 0.2) is 18.6 Å². The molecule has 0 atom stereocenters. The van der Waals surface area contributed by atoms with Crippen molar-refractivity contribution < 1.29 is 19.1 Å². The number of halogens is 3. The first-order valence-electron chi connectivity index (χ1n) is 6.44. The normalized spacial score (nSPS) is 10.3. The van der Waals surface area contributed by atoms with Crippen LogP contribution in [0.25, 0.3) is 0 Å². The molecule has 0 aliphatic carbocycles. The Labute approximate surface area is 147 Å². The van der Waals surface area contributed by atoms with Gasteiger partial charge in [0.25, 0.3) is 0 Å². The van der Waals surface area contributed by atoms with Crippen LogP contribution in [0.3, 0.4) is 0 Å². The van der Waals surface area contributed by atoms with E-state index in [1.807, 2.05) is 0 Å². The summed E-state index contributed by atoms with van der Waals surface area (Å²) >= 11 is 17.6. The third-order valence-electron chi connectivity index (χ3n) is 2.86. The van der Waals surface area contributed by atoms with E-state index in [2.05, 4.69) is 0 Å². The second-order valence-electron chi connectivity index (χ2n) is 4.60. The van der Waals surface area contributed by atoms with Gasteiger partial charge in [0.2, 0.25) is 0 Å². The van der Waals surface area contributed by atoms with Gasteiger partial charge in [-0.2, -0.15) is 0 Å². The Kier molecular flexibility index (Phi) is 5.88. The van der Waals surface area contributed by atoms with E-state index in [1.165, 1.54) is 12.1 Å². The average molecular weight is 374 g/mol. The van der Waals surface area contributed by atoms with Crippen LogP contribution < -0.4 is 9.47 Å². The topological polar surface area (TPSA) is 52.6 Å². The van der Waals surface area contributed by atoms with E-state index in [-0.39, 0.29) is 28.0 Å². The van der Waals surface area contributed by atoms with Crippen LogP contribution in [0.2, 0.25) is 15.1 Å². The Hall–Kier alpha value is -1.75. The number of ether oxygens (including phenoxy) is 2. The SMILES string of the molecule is Cc1cc(Cl)ccc1OCC(=O)Oc1c(Cl)cc(Cl)cc1C=O. The second kappa shape index (κ2) is 7.68. The molecule has 120 valence electrons. The summed E-state index contributed by atoms with van der Waals surface area (Å²) in [6.07, 6.45) is 0.505. The largest absolute Gasteiger partial charge is 0.482 e. The zero-order valence-corrected chi connectivity index (χ0v) is 14.2. The summed E-state index contributed by atoms with van der Waals surface area (Å²) in [6.45, 7) is 1.45. The summed E-state index contributed by atoms with van der Waals surface area (Å²) in [4.78, 5) is 22.9. The van der Waals surface area contributed by atoms with Crippen molar-refractivity contribution in [2.45, 2.75) is 6.92 Å². The lowest BCUT2D eigenvalue weighted by Gasteiger charge is -2.11. The quantitative estimate of drug-likeness (QED) is 0.431. The number of esters is 1. The lowest BCUT2D eigenvalue weighted by molar-refractivity contribution is -0.136. The molecule has 4 nitrogen and oxygen atoms in total. The van der Waals surface area contributed by atoms with E-state index < -0.39 is 5.97 Å².